The molecule has 0 saturated heterocycles. The van der Waals surface area contributed by atoms with E-state index in [0.717, 1.165) is 24.8 Å². The molecule has 0 unspecified atom stereocenters. The zero-order chi connectivity index (χ0) is 9.26. The fraction of sp³-hybridized carbons (Fsp3) is 0.333. The smallest absolute Gasteiger partial charge is 0.153 e. The van der Waals surface area contributed by atoms with E-state index < -0.39 is 0 Å². The predicted octanol–water partition coefficient (Wildman–Crippen LogP) is 2.12. The van der Waals surface area contributed by atoms with Crippen LogP contribution >= 0.6 is 11.6 Å². The molecule has 1 saturated carbocycles. The summed E-state index contributed by atoms with van der Waals surface area (Å²) in [6, 6.07) is 2.20. The van der Waals surface area contributed by atoms with Crippen LogP contribution in [0.1, 0.15) is 23.2 Å². The van der Waals surface area contributed by atoms with Gasteiger partial charge in [0.25, 0.3) is 0 Å². The van der Waals surface area contributed by atoms with Gasteiger partial charge in [0, 0.05) is 17.9 Å². The van der Waals surface area contributed by atoms with Crippen molar-refractivity contribution in [3.63, 3.8) is 0 Å². The van der Waals surface area contributed by atoms with Crippen molar-refractivity contribution in [3.8, 4) is 0 Å². The summed E-state index contributed by atoms with van der Waals surface area (Å²) in [6.07, 6.45) is 4.60. The molecule has 68 valence electrons. The maximum absolute atomic E-state index is 10.6. The highest BCUT2D eigenvalue weighted by atomic mass is 35.5. The number of halogens is 1. The molecule has 1 aromatic heterocycles. The van der Waals surface area contributed by atoms with Crippen molar-refractivity contribution in [2.45, 2.75) is 18.9 Å². The monoisotopic (exact) mass is 196 g/mol. The number of hydrogen-bond acceptors (Lipinski definition) is 3. The largest absolute Gasteiger partial charge is 0.382 e. The summed E-state index contributed by atoms with van der Waals surface area (Å²) in [7, 11) is 0. The van der Waals surface area contributed by atoms with Gasteiger partial charge in [-0.1, -0.05) is 11.6 Å². The number of pyridine rings is 1. The predicted molar refractivity (Wildman–Crippen MR) is 51.3 cm³/mol. The Morgan fingerprint density at radius 2 is 2.38 bits per heavy atom. The van der Waals surface area contributed by atoms with Crippen molar-refractivity contribution in [2.75, 3.05) is 5.32 Å². The molecule has 4 heteroatoms. The molecule has 3 nitrogen and oxygen atoms in total. The first-order chi connectivity index (χ1) is 6.29. The van der Waals surface area contributed by atoms with Crippen molar-refractivity contribution in [1.82, 2.24) is 4.98 Å². The Morgan fingerprint density at radius 3 is 3.00 bits per heavy atom. The van der Waals surface area contributed by atoms with E-state index in [1.807, 2.05) is 0 Å². The molecular weight excluding hydrogens is 188 g/mol. The van der Waals surface area contributed by atoms with E-state index in [2.05, 4.69) is 10.3 Å². The molecule has 1 fully saturated rings. The van der Waals surface area contributed by atoms with Gasteiger partial charge in [0.2, 0.25) is 0 Å². The molecule has 2 rings (SSSR count). The molecular formula is C9H9ClN2O. The summed E-state index contributed by atoms with van der Waals surface area (Å²) in [5, 5.41) is 3.63. The van der Waals surface area contributed by atoms with E-state index in [1.54, 1.807) is 6.07 Å². The number of rotatable bonds is 3. The quantitative estimate of drug-likeness (QED) is 0.595. The Bertz CT molecular complexity index is 336. The number of aromatic nitrogens is 1. The van der Waals surface area contributed by atoms with Gasteiger partial charge in [-0.25, -0.2) is 4.98 Å². The average Bonchev–Trinajstić information content (AvgIpc) is 2.89. The van der Waals surface area contributed by atoms with Crippen LogP contribution in [0, 0.1) is 0 Å². The third-order valence-electron chi connectivity index (χ3n) is 1.97. The fourth-order valence-electron chi connectivity index (χ4n) is 1.11. The second-order valence-corrected chi connectivity index (χ2v) is 3.52. The van der Waals surface area contributed by atoms with Gasteiger partial charge >= 0.3 is 0 Å². The molecule has 0 amide bonds. The van der Waals surface area contributed by atoms with Crippen molar-refractivity contribution in [3.05, 3.63) is 23.0 Å². The van der Waals surface area contributed by atoms with E-state index in [1.165, 1.54) is 6.20 Å². The molecule has 1 aliphatic carbocycles. The summed E-state index contributed by atoms with van der Waals surface area (Å²) < 4.78 is 0. The first-order valence-corrected chi connectivity index (χ1v) is 4.54. The lowest BCUT2D eigenvalue weighted by molar-refractivity contribution is 0.112. The van der Waals surface area contributed by atoms with Crippen molar-refractivity contribution in [2.24, 2.45) is 0 Å². The van der Waals surface area contributed by atoms with Crippen LogP contribution < -0.4 is 5.32 Å². The lowest BCUT2D eigenvalue weighted by Crippen LogP contribution is -2.04. The van der Waals surface area contributed by atoms with Gasteiger partial charge in [-0.3, -0.25) is 4.79 Å². The second kappa shape index (κ2) is 3.34. The number of hydrogen-bond donors (Lipinski definition) is 1. The highest BCUT2D eigenvalue weighted by Gasteiger charge is 2.21. The van der Waals surface area contributed by atoms with Crippen LogP contribution in [-0.4, -0.2) is 17.3 Å². The van der Waals surface area contributed by atoms with Crippen LogP contribution in [0.25, 0.3) is 0 Å². The van der Waals surface area contributed by atoms with Crippen molar-refractivity contribution >= 4 is 23.6 Å². The zero-order valence-electron chi connectivity index (χ0n) is 6.96. The van der Waals surface area contributed by atoms with Gasteiger partial charge in [-0.15, -0.1) is 0 Å². The van der Waals surface area contributed by atoms with E-state index >= 15 is 0 Å². The number of nitrogens with one attached hydrogen (secondary N) is 1. The van der Waals surface area contributed by atoms with E-state index in [9.17, 15) is 4.79 Å². The molecule has 0 aliphatic heterocycles. The number of nitrogens with zero attached hydrogens (tertiary/aromatic N) is 1. The molecule has 13 heavy (non-hydrogen) atoms. The van der Waals surface area contributed by atoms with E-state index in [-0.39, 0.29) is 0 Å². The number of aldehydes is 1. The SMILES string of the molecule is O=Cc1cnc(Cl)cc1NC1CC1. The minimum absolute atomic E-state index is 0.411. The molecule has 0 bridgehead atoms. The standard InChI is InChI=1S/C9H9ClN2O/c10-9-3-8(12-7-1-2-7)6(5-13)4-11-9/h3-5,7H,1-2H2,(H,11,12). The first kappa shape index (κ1) is 8.51. The lowest BCUT2D eigenvalue weighted by atomic mass is 10.2. The summed E-state index contributed by atoms with van der Waals surface area (Å²) in [5.41, 5.74) is 1.36. The summed E-state index contributed by atoms with van der Waals surface area (Å²) in [4.78, 5) is 14.4. The second-order valence-electron chi connectivity index (χ2n) is 3.13. The van der Waals surface area contributed by atoms with Crippen LogP contribution in [0.3, 0.4) is 0 Å². The Kier molecular flexibility index (Phi) is 2.19. The molecule has 0 spiro atoms. The molecule has 0 radical (unpaired) electrons. The first-order valence-electron chi connectivity index (χ1n) is 4.17. The van der Waals surface area contributed by atoms with Crippen LogP contribution in [0.2, 0.25) is 5.15 Å². The molecule has 1 heterocycles. The molecule has 1 aromatic rings. The van der Waals surface area contributed by atoms with Crippen molar-refractivity contribution in [1.29, 1.82) is 0 Å². The Balaban J connectivity index is 2.27. The van der Waals surface area contributed by atoms with Crippen LogP contribution in [-0.2, 0) is 0 Å². The number of anilines is 1. The summed E-state index contributed by atoms with van der Waals surface area (Å²) in [5.74, 6) is 0. The van der Waals surface area contributed by atoms with E-state index in [4.69, 9.17) is 11.6 Å². The average molecular weight is 197 g/mol. The molecule has 1 aliphatic rings. The fourth-order valence-corrected chi connectivity index (χ4v) is 1.26. The highest BCUT2D eigenvalue weighted by Crippen LogP contribution is 2.27. The zero-order valence-corrected chi connectivity index (χ0v) is 7.71. The Hall–Kier alpha value is -1.09. The molecule has 0 atom stereocenters. The lowest BCUT2D eigenvalue weighted by Gasteiger charge is -2.06. The van der Waals surface area contributed by atoms with Crippen LogP contribution in [0.4, 0.5) is 5.69 Å². The normalized spacial score (nSPS) is 15.5. The topological polar surface area (TPSA) is 42.0 Å². The Labute approximate surface area is 81.1 Å². The van der Waals surface area contributed by atoms with E-state index in [0.29, 0.717) is 16.8 Å². The molecule has 0 aromatic carbocycles. The third kappa shape index (κ3) is 1.98. The minimum atomic E-state index is 0.411. The maximum atomic E-state index is 10.6. The minimum Gasteiger partial charge on any atom is -0.382 e. The number of carbonyl (C=O) groups excluding carboxylic acids is 1. The van der Waals surface area contributed by atoms with Gasteiger partial charge in [-0.05, 0) is 18.9 Å². The molecule has 1 N–H and O–H groups in total. The third-order valence-corrected chi connectivity index (χ3v) is 2.17. The maximum Gasteiger partial charge on any atom is 0.153 e. The van der Waals surface area contributed by atoms with Gasteiger partial charge in [0.1, 0.15) is 5.15 Å². The van der Waals surface area contributed by atoms with Gasteiger partial charge < -0.3 is 5.32 Å². The highest BCUT2D eigenvalue weighted by molar-refractivity contribution is 6.29. The van der Waals surface area contributed by atoms with Gasteiger partial charge in [-0.2, -0.15) is 0 Å². The summed E-state index contributed by atoms with van der Waals surface area (Å²) in [6.45, 7) is 0. The van der Waals surface area contributed by atoms with Gasteiger partial charge in [0.15, 0.2) is 6.29 Å². The summed E-state index contributed by atoms with van der Waals surface area (Å²) >= 11 is 5.71. The van der Waals surface area contributed by atoms with Gasteiger partial charge in [0.05, 0.1) is 5.56 Å². The van der Waals surface area contributed by atoms with Crippen LogP contribution in [0.5, 0.6) is 0 Å². The van der Waals surface area contributed by atoms with Crippen LogP contribution in [0.15, 0.2) is 12.3 Å². The number of carbonyl (C=O) groups is 1. The van der Waals surface area contributed by atoms with Crippen molar-refractivity contribution < 1.29 is 4.79 Å². The Morgan fingerprint density at radius 1 is 1.62 bits per heavy atom.